The van der Waals surface area contributed by atoms with E-state index in [1.807, 2.05) is 30.3 Å². The second-order valence-electron chi connectivity index (χ2n) is 8.08. The van der Waals surface area contributed by atoms with Crippen LogP contribution >= 0.6 is 11.6 Å². The maximum absolute atomic E-state index is 13.2. The first-order valence-corrected chi connectivity index (χ1v) is 11.4. The number of ether oxygens (including phenoxy) is 1. The van der Waals surface area contributed by atoms with Gasteiger partial charge in [0.05, 0.1) is 11.7 Å². The highest BCUT2D eigenvalue weighted by molar-refractivity contribution is 6.32. The summed E-state index contributed by atoms with van der Waals surface area (Å²) in [6, 6.07) is 23.4. The van der Waals surface area contributed by atoms with Crippen LogP contribution in [0.3, 0.4) is 0 Å². The molecule has 1 aliphatic rings. The molecule has 0 aliphatic carbocycles. The summed E-state index contributed by atoms with van der Waals surface area (Å²) in [5.74, 6) is -1.27. The molecule has 0 saturated carbocycles. The smallest absolute Gasteiger partial charge is 0.333 e. The molecule has 8 heteroatoms. The Kier molecular flexibility index (Phi) is 6.14. The number of nitrogens with zero attached hydrogens (tertiary/aromatic N) is 1. The molecule has 36 heavy (non-hydrogen) atoms. The molecule has 0 aromatic heterocycles. The number of amides is 3. The number of nitrogens with one attached hydrogen (secondary N) is 1. The highest BCUT2D eigenvalue weighted by Crippen LogP contribution is 2.32. The average Bonchev–Trinajstić information content (AvgIpc) is 3.16. The second kappa shape index (κ2) is 9.56. The topological polar surface area (TPSA) is 98.8 Å². The number of rotatable bonds is 6. The highest BCUT2D eigenvalue weighted by atomic mass is 35.5. The third-order valence-electron chi connectivity index (χ3n) is 5.75. The SMILES string of the molecule is O=C([O-])c1ccc(COc2ccc3ccccc3c2/C=C2/NC(=O)N(c3cccc(Cl)c3)C2=O)cc1. The Balaban J connectivity index is 1.50. The van der Waals surface area contributed by atoms with Crippen LogP contribution in [0.1, 0.15) is 21.5 Å². The van der Waals surface area contributed by atoms with Crippen molar-refractivity contribution in [1.82, 2.24) is 5.32 Å². The number of urea groups is 1. The number of hydrogen-bond acceptors (Lipinski definition) is 5. The van der Waals surface area contributed by atoms with E-state index in [-0.39, 0.29) is 17.9 Å². The largest absolute Gasteiger partial charge is 0.545 e. The van der Waals surface area contributed by atoms with Gasteiger partial charge < -0.3 is 20.0 Å². The van der Waals surface area contributed by atoms with Crippen molar-refractivity contribution in [2.24, 2.45) is 0 Å². The third-order valence-corrected chi connectivity index (χ3v) is 5.98. The number of aromatic carboxylic acids is 1. The quantitative estimate of drug-likeness (QED) is 0.311. The van der Waals surface area contributed by atoms with E-state index in [1.54, 1.807) is 48.5 Å². The number of carbonyl (C=O) groups excluding carboxylic acids is 3. The molecule has 178 valence electrons. The zero-order valence-electron chi connectivity index (χ0n) is 18.7. The zero-order chi connectivity index (χ0) is 25.2. The van der Waals surface area contributed by atoms with Gasteiger partial charge in [-0.1, -0.05) is 72.3 Å². The van der Waals surface area contributed by atoms with E-state index < -0.39 is 17.9 Å². The fourth-order valence-corrected chi connectivity index (χ4v) is 4.16. The lowest BCUT2D eigenvalue weighted by Crippen LogP contribution is -2.30. The van der Waals surface area contributed by atoms with Gasteiger partial charge in [0.2, 0.25) is 0 Å². The first-order chi connectivity index (χ1) is 17.4. The predicted molar refractivity (Wildman–Crippen MR) is 134 cm³/mol. The summed E-state index contributed by atoms with van der Waals surface area (Å²) >= 11 is 6.05. The number of fused-ring (bicyclic) bond motifs is 1. The van der Waals surface area contributed by atoms with Gasteiger partial charge in [-0.05, 0) is 52.2 Å². The Morgan fingerprint density at radius 1 is 0.972 bits per heavy atom. The molecule has 4 aromatic carbocycles. The molecule has 4 aromatic rings. The Morgan fingerprint density at radius 3 is 2.50 bits per heavy atom. The first kappa shape index (κ1) is 23.1. The summed E-state index contributed by atoms with van der Waals surface area (Å²) in [6.45, 7) is 0.163. The molecule has 1 aliphatic heterocycles. The normalized spacial score (nSPS) is 14.4. The lowest BCUT2D eigenvalue weighted by molar-refractivity contribution is -0.255. The average molecular weight is 498 g/mol. The number of hydrogen-bond donors (Lipinski definition) is 1. The zero-order valence-corrected chi connectivity index (χ0v) is 19.5. The molecular weight excluding hydrogens is 480 g/mol. The Labute approximate surface area is 211 Å². The molecule has 5 rings (SSSR count). The second-order valence-corrected chi connectivity index (χ2v) is 8.52. The van der Waals surface area contributed by atoms with Crippen molar-refractivity contribution in [2.75, 3.05) is 4.90 Å². The lowest BCUT2D eigenvalue weighted by Gasteiger charge is -2.13. The van der Waals surface area contributed by atoms with Crippen LogP contribution in [0.15, 0.2) is 90.6 Å². The molecule has 0 unspecified atom stereocenters. The lowest BCUT2D eigenvalue weighted by atomic mass is 10.0. The Morgan fingerprint density at radius 2 is 1.75 bits per heavy atom. The molecule has 3 amide bonds. The van der Waals surface area contributed by atoms with Crippen LogP contribution < -0.4 is 20.1 Å². The van der Waals surface area contributed by atoms with Gasteiger partial charge in [-0.3, -0.25) is 4.79 Å². The number of anilines is 1. The Bertz CT molecular complexity index is 1550. The molecule has 0 radical (unpaired) electrons. The van der Waals surface area contributed by atoms with Crippen molar-refractivity contribution >= 4 is 52.0 Å². The van der Waals surface area contributed by atoms with Gasteiger partial charge >= 0.3 is 6.03 Å². The summed E-state index contributed by atoms with van der Waals surface area (Å²) in [6.07, 6.45) is 1.60. The molecule has 1 heterocycles. The van der Waals surface area contributed by atoms with Crippen molar-refractivity contribution in [3.63, 3.8) is 0 Å². The van der Waals surface area contributed by atoms with Crippen LogP contribution in [0.4, 0.5) is 10.5 Å². The maximum atomic E-state index is 13.2. The van der Waals surface area contributed by atoms with E-state index in [4.69, 9.17) is 16.3 Å². The third kappa shape index (κ3) is 4.52. The van der Waals surface area contributed by atoms with Crippen molar-refractivity contribution in [3.05, 3.63) is 112 Å². The standard InChI is InChI=1S/C28H19ClN2O5/c29-20-5-3-6-21(14-20)31-26(32)24(30-28(31)35)15-23-22-7-2-1-4-18(22)12-13-25(23)36-16-17-8-10-19(11-9-17)27(33)34/h1-15H,16H2,(H,30,35)(H,33,34)/p-1/b24-15+. The predicted octanol–water partition coefficient (Wildman–Crippen LogP) is 4.53. The van der Waals surface area contributed by atoms with E-state index in [0.717, 1.165) is 21.2 Å². The number of benzene rings is 4. The van der Waals surface area contributed by atoms with Gasteiger partial charge in [-0.25, -0.2) is 9.69 Å². The fourth-order valence-electron chi connectivity index (χ4n) is 3.98. The van der Waals surface area contributed by atoms with Gasteiger partial charge in [-0.15, -0.1) is 0 Å². The van der Waals surface area contributed by atoms with Gasteiger partial charge in [0.1, 0.15) is 18.1 Å². The minimum Gasteiger partial charge on any atom is -0.545 e. The molecule has 1 N–H and O–H groups in total. The van der Waals surface area contributed by atoms with E-state index in [0.29, 0.717) is 22.0 Å². The molecule has 7 nitrogen and oxygen atoms in total. The monoisotopic (exact) mass is 497 g/mol. The molecule has 0 spiro atoms. The van der Waals surface area contributed by atoms with E-state index in [1.165, 1.54) is 12.1 Å². The molecule has 0 bridgehead atoms. The maximum Gasteiger partial charge on any atom is 0.333 e. The van der Waals surface area contributed by atoms with E-state index in [2.05, 4.69) is 5.32 Å². The van der Waals surface area contributed by atoms with Crippen LogP contribution in [-0.2, 0) is 11.4 Å². The fraction of sp³-hybridized carbons (Fsp3) is 0.0357. The van der Waals surface area contributed by atoms with Gasteiger partial charge in [-0.2, -0.15) is 0 Å². The van der Waals surface area contributed by atoms with Gasteiger partial charge in [0.15, 0.2) is 0 Å². The number of carbonyl (C=O) groups is 3. The van der Waals surface area contributed by atoms with Crippen molar-refractivity contribution in [1.29, 1.82) is 0 Å². The number of carboxylic acid groups (broad SMARTS) is 1. The van der Waals surface area contributed by atoms with E-state index in [9.17, 15) is 19.5 Å². The van der Waals surface area contributed by atoms with Crippen molar-refractivity contribution in [3.8, 4) is 5.75 Å². The van der Waals surface area contributed by atoms with Crippen LogP contribution in [0, 0.1) is 0 Å². The number of imide groups is 1. The minimum absolute atomic E-state index is 0.0784. The molecule has 0 atom stereocenters. The summed E-state index contributed by atoms with van der Waals surface area (Å²) in [7, 11) is 0. The number of halogens is 1. The first-order valence-electron chi connectivity index (χ1n) is 11.0. The minimum atomic E-state index is -1.25. The van der Waals surface area contributed by atoms with Crippen LogP contribution in [0.25, 0.3) is 16.8 Å². The van der Waals surface area contributed by atoms with Crippen LogP contribution in [0.2, 0.25) is 5.02 Å². The summed E-state index contributed by atoms with van der Waals surface area (Å²) in [5.41, 5.74) is 1.91. The summed E-state index contributed by atoms with van der Waals surface area (Å²) < 4.78 is 6.07. The summed E-state index contributed by atoms with van der Waals surface area (Å²) in [5, 5.41) is 15.8. The van der Waals surface area contributed by atoms with Crippen LogP contribution in [0.5, 0.6) is 5.75 Å². The van der Waals surface area contributed by atoms with Crippen LogP contribution in [-0.4, -0.2) is 17.9 Å². The molecule has 1 saturated heterocycles. The number of carboxylic acids is 1. The van der Waals surface area contributed by atoms with E-state index >= 15 is 0 Å². The van der Waals surface area contributed by atoms with Gasteiger partial charge in [0, 0.05) is 10.6 Å². The molecular formula is C28H18ClN2O5-. The van der Waals surface area contributed by atoms with Crippen molar-refractivity contribution < 1.29 is 24.2 Å². The van der Waals surface area contributed by atoms with Gasteiger partial charge in [0.25, 0.3) is 5.91 Å². The summed E-state index contributed by atoms with van der Waals surface area (Å²) in [4.78, 5) is 37.9. The Hall–Kier alpha value is -4.62. The molecule has 1 fully saturated rings. The highest BCUT2D eigenvalue weighted by Gasteiger charge is 2.35. The van der Waals surface area contributed by atoms with Crippen molar-refractivity contribution in [2.45, 2.75) is 6.61 Å².